The fourth-order valence-electron chi connectivity index (χ4n) is 2.42. The number of methoxy groups -OCH3 is 2. The molecule has 0 aromatic carbocycles. The number of hydrogen-bond donors (Lipinski definition) is 1. The molecule has 0 aromatic heterocycles. The van der Waals surface area contributed by atoms with Crippen LogP contribution in [0.15, 0.2) is 0 Å². The topological polar surface area (TPSA) is 33.7 Å². The van der Waals surface area contributed by atoms with Gasteiger partial charge in [-0.15, -0.1) is 0 Å². The molecule has 1 aliphatic carbocycles. The van der Waals surface area contributed by atoms with Crippen LogP contribution < -0.4 is 5.32 Å². The summed E-state index contributed by atoms with van der Waals surface area (Å²) in [6, 6.07) is 1.55. The third-order valence-corrected chi connectivity index (χ3v) is 3.60. The number of nitrogens with zero attached hydrogens (tertiary/aromatic N) is 1. The summed E-state index contributed by atoms with van der Waals surface area (Å²) < 4.78 is 10.4. The zero-order valence-electron chi connectivity index (χ0n) is 10.4. The summed E-state index contributed by atoms with van der Waals surface area (Å²) in [6.07, 6.45) is 4.29. The van der Waals surface area contributed by atoms with Crippen LogP contribution in [0.1, 0.15) is 19.3 Å². The van der Waals surface area contributed by atoms with Crippen LogP contribution in [0, 0.1) is 0 Å². The fraction of sp³-hybridized carbons (Fsp3) is 1.00. The Labute approximate surface area is 98.3 Å². The van der Waals surface area contributed by atoms with E-state index in [4.69, 9.17) is 9.47 Å². The van der Waals surface area contributed by atoms with E-state index in [-0.39, 0.29) is 6.10 Å². The van der Waals surface area contributed by atoms with Gasteiger partial charge < -0.3 is 14.8 Å². The second-order valence-corrected chi connectivity index (χ2v) is 4.93. The van der Waals surface area contributed by atoms with E-state index in [2.05, 4.69) is 10.2 Å². The van der Waals surface area contributed by atoms with Crippen molar-refractivity contribution in [1.82, 2.24) is 10.2 Å². The molecule has 2 atom stereocenters. The molecule has 4 nitrogen and oxygen atoms in total. The Balaban J connectivity index is 1.62. The predicted octanol–water partition coefficient (Wildman–Crippen LogP) is 0.474. The molecular weight excluding hydrogens is 204 g/mol. The molecule has 2 unspecified atom stereocenters. The van der Waals surface area contributed by atoms with Gasteiger partial charge in [-0.2, -0.15) is 0 Å². The first-order valence-corrected chi connectivity index (χ1v) is 6.32. The number of nitrogens with one attached hydrogen (secondary N) is 1. The van der Waals surface area contributed by atoms with Crippen molar-refractivity contribution in [3.05, 3.63) is 0 Å². The number of hydrogen-bond acceptors (Lipinski definition) is 4. The smallest absolute Gasteiger partial charge is 0.0928 e. The normalized spacial score (nSPS) is 28.5. The second-order valence-electron chi connectivity index (χ2n) is 4.93. The van der Waals surface area contributed by atoms with Crippen LogP contribution in [-0.4, -0.2) is 63.5 Å². The van der Waals surface area contributed by atoms with Crippen LogP contribution in [0.2, 0.25) is 0 Å². The molecular formula is C12H24N2O2. The average molecular weight is 228 g/mol. The Hall–Kier alpha value is -0.160. The molecule has 0 amide bonds. The molecule has 1 heterocycles. The highest BCUT2D eigenvalue weighted by Gasteiger charge is 2.34. The van der Waals surface area contributed by atoms with Gasteiger partial charge in [0.05, 0.1) is 12.7 Å². The monoisotopic (exact) mass is 228 g/mol. The van der Waals surface area contributed by atoms with Crippen LogP contribution >= 0.6 is 0 Å². The quantitative estimate of drug-likeness (QED) is 0.687. The van der Waals surface area contributed by atoms with Crippen molar-refractivity contribution < 1.29 is 9.47 Å². The highest BCUT2D eigenvalue weighted by Crippen LogP contribution is 2.29. The largest absolute Gasteiger partial charge is 0.382 e. The van der Waals surface area contributed by atoms with Gasteiger partial charge in [0.2, 0.25) is 0 Å². The van der Waals surface area contributed by atoms with E-state index in [0.29, 0.717) is 12.6 Å². The van der Waals surface area contributed by atoms with Crippen molar-refractivity contribution in [3.63, 3.8) is 0 Å². The molecule has 2 aliphatic rings. The van der Waals surface area contributed by atoms with E-state index in [1.165, 1.54) is 32.4 Å². The minimum absolute atomic E-state index is 0.181. The lowest BCUT2D eigenvalue weighted by molar-refractivity contribution is 0.0275. The van der Waals surface area contributed by atoms with Gasteiger partial charge in [-0.3, -0.25) is 4.90 Å². The van der Waals surface area contributed by atoms with Gasteiger partial charge in [0, 0.05) is 45.9 Å². The molecule has 0 aromatic rings. The van der Waals surface area contributed by atoms with Gasteiger partial charge in [0.25, 0.3) is 0 Å². The van der Waals surface area contributed by atoms with Crippen molar-refractivity contribution >= 4 is 0 Å². The maximum Gasteiger partial charge on any atom is 0.0928 e. The van der Waals surface area contributed by atoms with Crippen molar-refractivity contribution in [1.29, 1.82) is 0 Å². The van der Waals surface area contributed by atoms with E-state index >= 15 is 0 Å². The van der Waals surface area contributed by atoms with Crippen molar-refractivity contribution in [2.75, 3.05) is 40.5 Å². The van der Waals surface area contributed by atoms with Crippen LogP contribution in [0.5, 0.6) is 0 Å². The summed E-state index contributed by atoms with van der Waals surface area (Å²) in [5.74, 6) is 0. The maximum absolute atomic E-state index is 5.34. The minimum atomic E-state index is 0.181. The zero-order valence-corrected chi connectivity index (χ0v) is 10.4. The molecule has 0 radical (unpaired) electrons. The van der Waals surface area contributed by atoms with Gasteiger partial charge in [-0.05, 0) is 19.3 Å². The van der Waals surface area contributed by atoms with Gasteiger partial charge in [0.1, 0.15) is 0 Å². The third kappa shape index (κ3) is 3.42. The first kappa shape index (κ1) is 12.3. The van der Waals surface area contributed by atoms with Crippen LogP contribution in [0.3, 0.4) is 0 Å². The van der Waals surface area contributed by atoms with Gasteiger partial charge in [-0.25, -0.2) is 0 Å². The molecule has 1 saturated heterocycles. The van der Waals surface area contributed by atoms with Gasteiger partial charge >= 0.3 is 0 Å². The predicted molar refractivity (Wildman–Crippen MR) is 63.7 cm³/mol. The van der Waals surface area contributed by atoms with E-state index in [9.17, 15) is 0 Å². The zero-order chi connectivity index (χ0) is 11.4. The maximum atomic E-state index is 5.34. The van der Waals surface area contributed by atoms with E-state index in [1.807, 2.05) is 0 Å². The Morgan fingerprint density at radius 1 is 1.31 bits per heavy atom. The van der Waals surface area contributed by atoms with E-state index in [0.717, 1.165) is 12.6 Å². The minimum Gasteiger partial charge on any atom is -0.382 e. The van der Waals surface area contributed by atoms with Crippen molar-refractivity contribution in [3.8, 4) is 0 Å². The molecule has 2 rings (SSSR count). The van der Waals surface area contributed by atoms with E-state index in [1.54, 1.807) is 14.2 Å². The summed E-state index contributed by atoms with van der Waals surface area (Å²) in [5.41, 5.74) is 0. The Morgan fingerprint density at radius 3 is 2.75 bits per heavy atom. The lowest BCUT2D eigenvalue weighted by atomic mass is 10.2. The molecule has 16 heavy (non-hydrogen) atoms. The SMILES string of the molecule is COCC(CNC1CCN(C2CC2)C1)OC. The molecule has 1 aliphatic heterocycles. The summed E-state index contributed by atoms with van der Waals surface area (Å²) in [4.78, 5) is 2.62. The summed E-state index contributed by atoms with van der Waals surface area (Å²) in [7, 11) is 3.47. The molecule has 1 saturated carbocycles. The lowest BCUT2D eigenvalue weighted by Crippen LogP contribution is -2.40. The van der Waals surface area contributed by atoms with Crippen LogP contribution in [0.25, 0.3) is 0 Å². The van der Waals surface area contributed by atoms with E-state index < -0.39 is 0 Å². The molecule has 2 fully saturated rings. The van der Waals surface area contributed by atoms with Gasteiger partial charge in [0.15, 0.2) is 0 Å². The Bertz CT molecular complexity index is 209. The first-order chi connectivity index (χ1) is 7.83. The molecule has 0 bridgehead atoms. The third-order valence-electron chi connectivity index (χ3n) is 3.60. The molecule has 94 valence electrons. The average Bonchev–Trinajstić information content (AvgIpc) is 3.04. The second kappa shape index (κ2) is 5.96. The summed E-state index contributed by atoms with van der Waals surface area (Å²) >= 11 is 0. The molecule has 4 heteroatoms. The Morgan fingerprint density at radius 2 is 2.12 bits per heavy atom. The number of rotatable bonds is 7. The number of likely N-dealkylation sites (tertiary alicyclic amines) is 1. The van der Waals surface area contributed by atoms with Crippen molar-refractivity contribution in [2.45, 2.75) is 37.5 Å². The summed E-state index contributed by atoms with van der Waals surface area (Å²) in [6.45, 7) is 4.05. The highest BCUT2D eigenvalue weighted by atomic mass is 16.5. The van der Waals surface area contributed by atoms with Crippen LogP contribution in [0.4, 0.5) is 0 Å². The van der Waals surface area contributed by atoms with Gasteiger partial charge in [-0.1, -0.05) is 0 Å². The number of ether oxygens (including phenoxy) is 2. The fourth-order valence-corrected chi connectivity index (χ4v) is 2.42. The highest BCUT2D eigenvalue weighted by molar-refractivity contribution is 4.91. The first-order valence-electron chi connectivity index (χ1n) is 6.32. The lowest BCUT2D eigenvalue weighted by Gasteiger charge is -2.19. The van der Waals surface area contributed by atoms with Crippen molar-refractivity contribution in [2.24, 2.45) is 0 Å². The Kier molecular flexibility index (Phi) is 4.58. The standard InChI is InChI=1S/C12H24N2O2/c1-15-9-12(16-2)7-13-10-5-6-14(8-10)11-3-4-11/h10-13H,3-9H2,1-2H3. The molecule has 1 N–H and O–H groups in total. The molecule has 0 spiro atoms. The van der Waals surface area contributed by atoms with Crippen LogP contribution in [-0.2, 0) is 9.47 Å². The summed E-state index contributed by atoms with van der Waals surface area (Å²) in [5, 5.41) is 3.58.